The molecule has 1 saturated carbocycles. The fourth-order valence-electron chi connectivity index (χ4n) is 3.34. The van der Waals surface area contributed by atoms with Gasteiger partial charge in [0.15, 0.2) is 0 Å². The quantitative estimate of drug-likeness (QED) is 0.789. The topological polar surface area (TPSA) is 20.2 Å². The Kier molecular flexibility index (Phi) is 4.67. The van der Waals surface area contributed by atoms with E-state index in [9.17, 15) is 5.11 Å². The standard InChI is InChI=1S/C18H28O/c1-4-16-6-5-10-18(19,11-9-16)13-17-8-7-14(2)15(3)12-17/h7-8,12,16,19H,4-6,9-11,13H2,1-3H3. The van der Waals surface area contributed by atoms with Crippen molar-refractivity contribution >= 4 is 0 Å². The molecule has 1 aliphatic carbocycles. The molecule has 0 saturated heterocycles. The van der Waals surface area contributed by atoms with E-state index in [4.69, 9.17) is 0 Å². The Hall–Kier alpha value is -0.820. The second-order valence-electron chi connectivity index (χ2n) is 6.52. The van der Waals surface area contributed by atoms with E-state index < -0.39 is 5.60 Å². The summed E-state index contributed by atoms with van der Waals surface area (Å²) in [6, 6.07) is 6.61. The minimum absolute atomic E-state index is 0.467. The Morgan fingerprint density at radius 1 is 1.16 bits per heavy atom. The lowest BCUT2D eigenvalue weighted by molar-refractivity contribution is 0.0241. The maximum absolute atomic E-state index is 10.9. The maximum Gasteiger partial charge on any atom is 0.0688 e. The lowest BCUT2D eigenvalue weighted by Crippen LogP contribution is -2.30. The highest BCUT2D eigenvalue weighted by molar-refractivity contribution is 5.30. The zero-order chi connectivity index (χ0) is 13.9. The number of benzene rings is 1. The first-order valence-electron chi connectivity index (χ1n) is 7.81. The van der Waals surface area contributed by atoms with Crippen LogP contribution in [0, 0.1) is 19.8 Å². The number of rotatable bonds is 3. The van der Waals surface area contributed by atoms with Crippen molar-refractivity contribution in [2.75, 3.05) is 0 Å². The van der Waals surface area contributed by atoms with Crippen LogP contribution >= 0.6 is 0 Å². The minimum Gasteiger partial charge on any atom is -0.390 e. The van der Waals surface area contributed by atoms with Gasteiger partial charge >= 0.3 is 0 Å². The predicted molar refractivity (Wildman–Crippen MR) is 81.4 cm³/mol. The molecule has 0 aliphatic heterocycles. The Bertz CT molecular complexity index is 424. The lowest BCUT2D eigenvalue weighted by Gasteiger charge is -2.27. The largest absolute Gasteiger partial charge is 0.390 e. The highest BCUT2D eigenvalue weighted by Gasteiger charge is 2.30. The molecule has 1 fully saturated rings. The van der Waals surface area contributed by atoms with Crippen molar-refractivity contribution in [1.29, 1.82) is 0 Å². The molecule has 1 aromatic carbocycles. The van der Waals surface area contributed by atoms with E-state index in [0.717, 1.165) is 25.2 Å². The summed E-state index contributed by atoms with van der Waals surface area (Å²) >= 11 is 0. The lowest BCUT2D eigenvalue weighted by atomic mass is 9.86. The molecule has 0 heterocycles. The highest BCUT2D eigenvalue weighted by Crippen LogP contribution is 2.34. The van der Waals surface area contributed by atoms with Crippen molar-refractivity contribution in [3.05, 3.63) is 34.9 Å². The van der Waals surface area contributed by atoms with Crippen molar-refractivity contribution in [3.8, 4) is 0 Å². The monoisotopic (exact) mass is 260 g/mol. The average Bonchev–Trinajstić information content (AvgIpc) is 2.56. The third-order valence-corrected chi connectivity index (χ3v) is 4.95. The van der Waals surface area contributed by atoms with E-state index in [1.165, 1.54) is 42.4 Å². The number of hydrogen-bond donors (Lipinski definition) is 1. The first-order chi connectivity index (χ1) is 9.02. The average molecular weight is 260 g/mol. The van der Waals surface area contributed by atoms with Gasteiger partial charge in [-0.05, 0) is 55.7 Å². The van der Waals surface area contributed by atoms with E-state index >= 15 is 0 Å². The molecule has 0 spiro atoms. The third kappa shape index (κ3) is 3.82. The molecule has 2 rings (SSSR count). The van der Waals surface area contributed by atoms with Gasteiger partial charge in [0, 0.05) is 6.42 Å². The van der Waals surface area contributed by atoms with Crippen molar-refractivity contribution in [2.45, 2.75) is 71.3 Å². The zero-order valence-electron chi connectivity index (χ0n) is 12.7. The molecule has 1 heteroatoms. The van der Waals surface area contributed by atoms with Gasteiger partial charge in [-0.1, -0.05) is 44.4 Å². The molecular formula is C18H28O. The molecule has 0 radical (unpaired) electrons. The molecule has 2 atom stereocenters. The molecule has 1 aromatic rings. The van der Waals surface area contributed by atoms with Crippen LogP contribution in [0.4, 0.5) is 0 Å². The predicted octanol–water partition coefficient (Wildman–Crippen LogP) is 4.57. The van der Waals surface area contributed by atoms with Crippen LogP contribution in [-0.4, -0.2) is 10.7 Å². The molecule has 1 aliphatic rings. The van der Waals surface area contributed by atoms with E-state index in [0.29, 0.717) is 0 Å². The van der Waals surface area contributed by atoms with Crippen LogP contribution in [0.3, 0.4) is 0 Å². The third-order valence-electron chi connectivity index (χ3n) is 4.95. The number of hydrogen-bond acceptors (Lipinski definition) is 1. The summed E-state index contributed by atoms with van der Waals surface area (Å²) in [5, 5.41) is 10.9. The summed E-state index contributed by atoms with van der Waals surface area (Å²) in [6.45, 7) is 6.58. The molecule has 19 heavy (non-hydrogen) atoms. The van der Waals surface area contributed by atoms with Gasteiger partial charge in [-0.2, -0.15) is 0 Å². The first-order valence-corrected chi connectivity index (χ1v) is 7.81. The van der Waals surface area contributed by atoms with Crippen LogP contribution in [0.5, 0.6) is 0 Å². The molecule has 106 valence electrons. The summed E-state index contributed by atoms with van der Waals surface area (Å²) < 4.78 is 0. The normalized spacial score (nSPS) is 28.1. The second-order valence-corrected chi connectivity index (χ2v) is 6.52. The number of aliphatic hydroxyl groups is 1. The van der Waals surface area contributed by atoms with Crippen LogP contribution in [0.2, 0.25) is 0 Å². The van der Waals surface area contributed by atoms with E-state index in [1.807, 2.05) is 0 Å². The van der Waals surface area contributed by atoms with Gasteiger partial charge in [-0.25, -0.2) is 0 Å². The molecule has 0 bridgehead atoms. The first kappa shape index (κ1) is 14.6. The molecule has 1 nitrogen and oxygen atoms in total. The number of aryl methyl sites for hydroxylation is 2. The SMILES string of the molecule is CCC1CCCC(O)(Cc2ccc(C)c(C)c2)CC1. The van der Waals surface area contributed by atoms with Gasteiger partial charge in [0.25, 0.3) is 0 Å². The Labute approximate surface area is 118 Å². The van der Waals surface area contributed by atoms with Gasteiger partial charge in [-0.3, -0.25) is 0 Å². The molecule has 0 aromatic heterocycles. The van der Waals surface area contributed by atoms with Crippen LogP contribution in [0.1, 0.15) is 62.1 Å². The van der Waals surface area contributed by atoms with Crippen LogP contribution in [0.25, 0.3) is 0 Å². The van der Waals surface area contributed by atoms with Crippen LogP contribution in [-0.2, 0) is 6.42 Å². The van der Waals surface area contributed by atoms with Gasteiger partial charge in [-0.15, -0.1) is 0 Å². The highest BCUT2D eigenvalue weighted by atomic mass is 16.3. The van der Waals surface area contributed by atoms with E-state index in [-0.39, 0.29) is 0 Å². The molecule has 1 N–H and O–H groups in total. The van der Waals surface area contributed by atoms with Gasteiger partial charge in [0.2, 0.25) is 0 Å². The van der Waals surface area contributed by atoms with Gasteiger partial charge in [0.1, 0.15) is 0 Å². The summed E-state index contributed by atoms with van der Waals surface area (Å²) in [4.78, 5) is 0. The van der Waals surface area contributed by atoms with Gasteiger partial charge in [0.05, 0.1) is 5.60 Å². The Morgan fingerprint density at radius 3 is 2.63 bits per heavy atom. The van der Waals surface area contributed by atoms with Crippen molar-refractivity contribution in [1.82, 2.24) is 0 Å². The van der Waals surface area contributed by atoms with E-state index in [2.05, 4.69) is 39.0 Å². The fraction of sp³-hybridized carbons (Fsp3) is 0.667. The van der Waals surface area contributed by atoms with Crippen molar-refractivity contribution in [3.63, 3.8) is 0 Å². The van der Waals surface area contributed by atoms with Crippen molar-refractivity contribution in [2.24, 2.45) is 5.92 Å². The summed E-state index contributed by atoms with van der Waals surface area (Å²) in [5.41, 5.74) is 3.50. The fourth-order valence-corrected chi connectivity index (χ4v) is 3.34. The maximum atomic E-state index is 10.9. The smallest absolute Gasteiger partial charge is 0.0688 e. The summed E-state index contributed by atoms with van der Waals surface area (Å²) in [5.74, 6) is 0.828. The zero-order valence-corrected chi connectivity index (χ0v) is 12.7. The van der Waals surface area contributed by atoms with Gasteiger partial charge < -0.3 is 5.11 Å². The van der Waals surface area contributed by atoms with Crippen LogP contribution < -0.4 is 0 Å². The van der Waals surface area contributed by atoms with E-state index in [1.54, 1.807) is 0 Å². The minimum atomic E-state index is -0.467. The summed E-state index contributed by atoms with van der Waals surface area (Å²) in [7, 11) is 0. The molecule has 0 amide bonds. The summed E-state index contributed by atoms with van der Waals surface area (Å²) in [6.07, 6.45) is 7.70. The Morgan fingerprint density at radius 2 is 1.95 bits per heavy atom. The van der Waals surface area contributed by atoms with Crippen LogP contribution in [0.15, 0.2) is 18.2 Å². The Balaban J connectivity index is 2.05. The second kappa shape index (κ2) is 6.09. The molecular weight excluding hydrogens is 232 g/mol. The molecule has 2 unspecified atom stereocenters. The van der Waals surface area contributed by atoms with Crippen molar-refractivity contribution < 1.29 is 5.11 Å².